The van der Waals surface area contributed by atoms with Gasteiger partial charge in [0.2, 0.25) is 0 Å². The predicted molar refractivity (Wildman–Crippen MR) is 75.5 cm³/mol. The SMILES string of the molecule is CCCNC(C)C(C)N1CCN(C)C(C)(C)C1. The normalized spacial score (nSPS) is 25.8. The Labute approximate surface area is 108 Å². The maximum absolute atomic E-state index is 3.61. The van der Waals surface area contributed by atoms with Gasteiger partial charge in [-0.2, -0.15) is 0 Å². The Morgan fingerprint density at radius 3 is 2.41 bits per heavy atom. The Kier molecular flexibility index (Phi) is 5.42. The first-order valence-corrected chi connectivity index (χ1v) is 7.07. The van der Waals surface area contributed by atoms with Crippen LogP contribution in [0.3, 0.4) is 0 Å². The number of nitrogens with zero attached hydrogens (tertiary/aromatic N) is 2. The number of piperazine rings is 1. The Balaban J connectivity index is 2.50. The van der Waals surface area contributed by atoms with Gasteiger partial charge in [-0.05, 0) is 47.7 Å². The largest absolute Gasteiger partial charge is 0.313 e. The molecule has 2 atom stereocenters. The lowest BCUT2D eigenvalue weighted by Crippen LogP contribution is -2.61. The van der Waals surface area contributed by atoms with Crippen LogP contribution in [0.4, 0.5) is 0 Å². The average molecular weight is 241 g/mol. The van der Waals surface area contributed by atoms with E-state index < -0.39 is 0 Å². The van der Waals surface area contributed by atoms with Crippen LogP contribution in [0.25, 0.3) is 0 Å². The fourth-order valence-electron chi connectivity index (χ4n) is 2.48. The van der Waals surface area contributed by atoms with Crippen molar-refractivity contribution in [3.8, 4) is 0 Å². The quantitative estimate of drug-likeness (QED) is 0.792. The van der Waals surface area contributed by atoms with Gasteiger partial charge in [-0.3, -0.25) is 9.80 Å². The van der Waals surface area contributed by atoms with Crippen molar-refractivity contribution >= 4 is 0 Å². The third-order valence-electron chi connectivity index (χ3n) is 4.36. The summed E-state index contributed by atoms with van der Waals surface area (Å²) in [6.45, 7) is 16.2. The van der Waals surface area contributed by atoms with Gasteiger partial charge >= 0.3 is 0 Å². The first-order chi connectivity index (χ1) is 7.88. The van der Waals surface area contributed by atoms with Crippen molar-refractivity contribution in [2.75, 3.05) is 33.2 Å². The van der Waals surface area contributed by atoms with Crippen LogP contribution in [0.1, 0.15) is 41.0 Å². The van der Waals surface area contributed by atoms with Gasteiger partial charge in [0, 0.05) is 37.3 Å². The first kappa shape index (κ1) is 14.9. The summed E-state index contributed by atoms with van der Waals surface area (Å²) in [5, 5.41) is 3.61. The molecule has 1 rings (SSSR count). The third kappa shape index (κ3) is 3.94. The highest BCUT2D eigenvalue weighted by Gasteiger charge is 2.33. The summed E-state index contributed by atoms with van der Waals surface area (Å²) < 4.78 is 0. The summed E-state index contributed by atoms with van der Waals surface area (Å²) >= 11 is 0. The fourth-order valence-corrected chi connectivity index (χ4v) is 2.48. The molecule has 0 amide bonds. The Bertz CT molecular complexity index is 228. The lowest BCUT2D eigenvalue weighted by molar-refractivity contribution is 0.0135. The highest BCUT2D eigenvalue weighted by molar-refractivity contribution is 4.91. The van der Waals surface area contributed by atoms with Gasteiger partial charge in [0.05, 0.1) is 0 Å². The minimum Gasteiger partial charge on any atom is -0.313 e. The van der Waals surface area contributed by atoms with Gasteiger partial charge in [0.1, 0.15) is 0 Å². The van der Waals surface area contributed by atoms with Crippen LogP contribution in [-0.2, 0) is 0 Å². The van der Waals surface area contributed by atoms with Gasteiger partial charge in [-0.1, -0.05) is 6.92 Å². The summed E-state index contributed by atoms with van der Waals surface area (Å²) in [7, 11) is 2.24. The number of nitrogens with one attached hydrogen (secondary N) is 1. The summed E-state index contributed by atoms with van der Waals surface area (Å²) in [5.41, 5.74) is 0.303. The summed E-state index contributed by atoms with van der Waals surface area (Å²) in [5.74, 6) is 0. The van der Waals surface area contributed by atoms with Crippen LogP contribution in [0.15, 0.2) is 0 Å². The zero-order valence-corrected chi connectivity index (χ0v) is 12.6. The Morgan fingerprint density at radius 2 is 1.88 bits per heavy atom. The van der Waals surface area contributed by atoms with Crippen molar-refractivity contribution in [2.24, 2.45) is 0 Å². The van der Waals surface area contributed by atoms with E-state index in [4.69, 9.17) is 0 Å². The summed E-state index contributed by atoms with van der Waals surface area (Å²) in [6.07, 6.45) is 1.21. The number of rotatable bonds is 5. The van der Waals surface area contributed by atoms with Crippen molar-refractivity contribution in [1.29, 1.82) is 0 Å². The smallest absolute Gasteiger partial charge is 0.0277 e. The molecule has 0 aromatic heterocycles. The van der Waals surface area contributed by atoms with Gasteiger partial charge in [-0.15, -0.1) is 0 Å². The van der Waals surface area contributed by atoms with Gasteiger partial charge < -0.3 is 5.32 Å². The maximum atomic E-state index is 3.61. The molecule has 0 aromatic rings. The molecular weight excluding hydrogens is 210 g/mol. The van der Waals surface area contributed by atoms with Crippen LogP contribution >= 0.6 is 0 Å². The zero-order chi connectivity index (χ0) is 13.1. The maximum Gasteiger partial charge on any atom is 0.0277 e. The van der Waals surface area contributed by atoms with Crippen LogP contribution < -0.4 is 5.32 Å². The van der Waals surface area contributed by atoms with Crippen LogP contribution in [0, 0.1) is 0 Å². The summed E-state index contributed by atoms with van der Waals surface area (Å²) in [4.78, 5) is 5.10. The molecule has 0 bridgehead atoms. The zero-order valence-electron chi connectivity index (χ0n) is 12.6. The van der Waals surface area contributed by atoms with Crippen LogP contribution in [0.2, 0.25) is 0 Å². The molecule has 1 fully saturated rings. The molecule has 1 N–H and O–H groups in total. The van der Waals surface area contributed by atoms with Gasteiger partial charge in [-0.25, -0.2) is 0 Å². The lowest BCUT2D eigenvalue weighted by atomic mass is 9.97. The topological polar surface area (TPSA) is 18.5 Å². The lowest BCUT2D eigenvalue weighted by Gasteiger charge is -2.48. The molecule has 102 valence electrons. The molecule has 1 aliphatic heterocycles. The molecule has 17 heavy (non-hydrogen) atoms. The van der Waals surface area contributed by atoms with Crippen molar-refractivity contribution in [3.63, 3.8) is 0 Å². The molecule has 0 radical (unpaired) electrons. The average Bonchev–Trinajstić information content (AvgIpc) is 2.28. The molecule has 2 unspecified atom stereocenters. The van der Waals surface area contributed by atoms with E-state index in [2.05, 4.69) is 56.8 Å². The second-order valence-electron chi connectivity index (χ2n) is 6.19. The number of hydrogen-bond acceptors (Lipinski definition) is 3. The van der Waals surface area contributed by atoms with E-state index in [0.717, 1.165) is 6.54 Å². The molecule has 3 heteroatoms. The van der Waals surface area contributed by atoms with Crippen molar-refractivity contribution < 1.29 is 0 Å². The van der Waals surface area contributed by atoms with Crippen molar-refractivity contribution in [2.45, 2.75) is 58.7 Å². The Hall–Kier alpha value is -0.120. The highest BCUT2D eigenvalue weighted by atomic mass is 15.3. The third-order valence-corrected chi connectivity index (χ3v) is 4.36. The second kappa shape index (κ2) is 6.17. The molecule has 0 spiro atoms. The molecule has 1 heterocycles. The second-order valence-corrected chi connectivity index (χ2v) is 6.19. The van der Waals surface area contributed by atoms with Crippen molar-refractivity contribution in [3.05, 3.63) is 0 Å². The van der Waals surface area contributed by atoms with E-state index >= 15 is 0 Å². The van der Waals surface area contributed by atoms with E-state index in [1.54, 1.807) is 0 Å². The highest BCUT2D eigenvalue weighted by Crippen LogP contribution is 2.21. The minimum absolute atomic E-state index is 0.303. The van der Waals surface area contributed by atoms with Crippen molar-refractivity contribution in [1.82, 2.24) is 15.1 Å². The number of hydrogen-bond donors (Lipinski definition) is 1. The molecule has 0 saturated carbocycles. The van der Waals surface area contributed by atoms with E-state index in [9.17, 15) is 0 Å². The standard InChI is InChI=1S/C14H31N3/c1-7-8-15-12(2)13(3)17-10-9-16(6)14(4,5)11-17/h12-13,15H,7-11H2,1-6H3. The fraction of sp³-hybridized carbons (Fsp3) is 1.00. The minimum atomic E-state index is 0.303. The molecule has 0 aromatic carbocycles. The predicted octanol–water partition coefficient (Wildman–Crippen LogP) is 1.79. The first-order valence-electron chi connectivity index (χ1n) is 7.07. The molecule has 3 nitrogen and oxygen atoms in total. The molecule has 1 saturated heterocycles. The molecular formula is C14H31N3. The van der Waals surface area contributed by atoms with E-state index in [-0.39, 0.29) is 0 Å². The molecule has 1 aliphatic rings. The van der Waals surface area contributed by atoms with Crippen LogP contribution in [0.5, 0.6) is 0 Å². The van der Waals surface area contributed by atoms with Gasteiger partial charge in [0.15, 0.2) is 0 Å². The van der Waals surface area contributed by atoms with Gasteiger partial charge in [0.25, 0.3) is 0 Å². The number of likely N-dealkylation sites (N-methyl/N-ethyl adjacent to an activating group) is 1. The van der Waals surface area contributed by atoms with E-state index in [0.29, 0.717) is 17.6 Å². The van der Waals surface area contributed by atoms with E-state index in [1.165, 1.54) is 26.1 Å². The van der Waals surface area contributed by atoms with Crippen LogP contribution in [-0.4, -0.2) is 60.6 Å². The molecule has 0 aliphatic carbocycles. The Morgan fingerprint density at radius 1 is 1.24 bits per heavy atom. The monoisotopic (exact) mass is 241 g/mol. The van der Waals surface area contributed by atoms with E-state index in [1.807, 2.05) is 0 Å². The summed E-state index contributed by atoms with van der Waals surface area (Å²) in [6, 6.07) is 1.20.